The van der Waals surface area contributed by atoms with Gasteiger partial charge in [-0.1, -0.05) is 12.1 Å². The number of aliphatic hydroxyl groups excluding tert-OH is 1. The van der Waals surface area contributed by atoms with E-state index < -0.39 is 18.1 Å². The summed E-state index contributed by atoms with van der Waals surface area (Å²) < 4.78 is 28.0. The standard InChI is InChI=1S/C30H32N2O8/c1-36-21-6-7-25-23(16-21)19(17-32-25)8-9-31-30(35)27-14-20(15-28(40-27)38-13-12-37-11-10-33)24-18-39-26-5-3-2-4-22(26)29(24)34/h2-7,14,16-18,20,28,32-33H,8-13,15H2,1H3,(H,31,35). The molecule has 1 aliphatic heterocycles. The van der Waals surface area contributed by atoms with Gasteiger partial charge in [-0.15, -0.1) is 0 Å². The number of nitrogens with one attached hydrogen (secondary N) is 2. The molecule has 5 rings (SSSR count). The molecular formula is C30H32N2O8. The molecule has 1 aliphatic rings. The first kappa shape index (κ1) is 27.4. The normalized spacial score (nSPS) is 17.0. The van der Waals surface area contributed by atoms with Gasteiger partial charge in [-0.05, 0) is 48.4 Å². The molecule has 0 aliphatic carbocycles. The number of rotatable bonds is 12. The van der Waals surface area contributed by atoms with E-state index in [9.17, 15) is 9.59 Å². The number of aliphatic hydroxyl groups is 1. The highest BCUT2D eigenvalue weighted by Gasteiger charge is 2.30. The van der Waals surface area contributed by atoms with Crippen LogP contribution in [-0.4, -0.2) is 62.4 Å². The summed E-state index contributed by atoms with van der Waals surface area (Å²) in [4.78, 5) is 29.7. The van der Waals surface area contributed by atoms with Gasteiger partial charge in [0.2, 0.25) is 6.29 Å². The van der Waals surface area contributed by atoms with Gasteiger partial charge < -0.3 is 38.8 Å². The third kappa shape index (κ3) is 6.20. The fourth-order valence-corrected chi connectivity index (χ4v) is 4.78. The third-order valence-corrected chi connectivity index (χ3v) is 6.81. The number of carbonyl (C=O) groups excluding carboxylic acids is 1. The van der Waals surface area contributed by atoms with Crippen LogP contribution in [0.25, 0.3) is 21.9 Å². The second-order valence-electron chi connectivity index (χ2n) is 9.37. The van der Waals surface area contributed by atoms with Gasteiger partial charge in [-0.25, -0.2) is 0 Å². The van der Waals surface area contributed by atoms with Crippen LogP contribution in [0.2, 0.25) is 0 Å². The van der Waals surface area contributed by atoms with Crippen molar-refractivity contribution in [2.75, 3.05) is 40.1 Å². The first-order valence-electron chi connectivity index (χ1n) is 13.2. The van der Waals surface area contributed by atoms with Crippen molar-refractivity contribution in [3.63, 3.8) is 0 Å². The van der Waals surface area contributed by atoms with E-state index in [0.717, 1.165) is 22.2 Å². The number of methoxy groups -OCH3 is 1. The molecule has 210 valence electrons. The lowest BCUT2D eigenvalue weighted by atomic mass is 9.93. The van der Waals surface area contributed by atoms with Gasteiger partial charge in [0.25, 0.3) is 5.91 Å². The number of aromatic nitrogens is 1. The monoisotopic (exact) mass is 548 g/mol. The Kier molecular flexibility index (Phi) is 8.80. The molecule has 3 heterocycles. The van der Waals surface area contributed by atoms with E-state index in [4.69, 9.17) is 28.5 Å². The Labute approximate surface area is 230 Å². The topological polar surface area (TPSA) is 132 Å². The van der Waals surface area contributed by atoms with Crippen LogP contribution < -0.4 is 15.5 Å². The second-order valence-corrected chi connectivity index (χ2v) is 9.37. The lowest BCUT2D eigenvalue weighted by Gasteiger charge is -2.29. The van der Waals surface area contributed by atoms with Crippen LogP contribution in [0.5, 0.6) is 5.75 Å². The van der Waals surface area contributed by atoms with E-state index in [2.05, 4.69) is 10.3 Å². The van der Waals surface area contributed by atoms with Crippen molar-refractivity contribution in [3.05, 3.63) is 88.1 Å². The molecule has 2 aromatic heterocycles. The second kappa shape index (κ2) is 12.8. The Balaban J connectivity index is 1.31. The van der Waals surface area contributed by atoms with E-state index >= 15 is 0 Å². The average Bonchev–Trinajstić information content (AvgIpc) is 3.39. The number of benzene rings is 2. The third-order valence-electron chi connectivity index (χ3n) is 6.81. The number of H-pyrrole nitrogens is 1. The molecule has 2 unspecified atom stereocenters. The lowest BCUT2D eigenvalue weighted by Crippen LogP contribution is -2.35. The summed E-state index contributed by atoms with van der Waals surface area (Å²) in [6.45, 7) is 0.935. The van der Waals surface area contributed by atoms with Gasteiger partial charge >= 0.3 is 0 Å². The number of ether oxygens (including phenoxy) is 4. The summed E-state index contributed by atoms with van der Waals surface area (Å²) >= 11 is 0. The summed E-state index contributed by atoms with van der Waals surface area (Å²) in [5.74, 6) is -0.0296. The maximum Gasteiger partial charge on any atom is 0.286 e. The number of para-hydroxylation sites is 1. The minimum Gasteiger partial charge on any atom is -0.497 e. The molecule has 0 saturated carbocycles. The summed E-state index contributed by atoms with van der Waals surface area (Å²) in [6.07, 6.45) is 5.14. The van der Waals surface area contributed by atoms with Crippen LogP contribution in [0.4, 0.5) is 0 Å². The number of carbonyl (C=O) groups is 1. The van der Waals surface area contributed by atoms with Gasteiger partial charge in [0.05, 0.1) is 45.2 Å². The molecule has 3 N–H and O–H groups in total. The van der Waals surface area contributed by atoms with Gasteiger partial charge in [0, 0.05) is 41.5 Å². The van der Waals surface area contributed by atoms with Crippen LogP contribution in [-0.2, 0) is 25.4 Å². The average molecular weight is 549 g/mol. The van der Waals surface area contributed by atoms with E-state index in [0.29, 0.717) is 35.9 Å². The van der Waals surface area contributed by atoms with Crippen LogP contribution in [0.3, 0.4) is 0 Å². The number of allylic oxidation sites excluding steroid dienone is 1. The lowest BCUT2D eigenvalue weighted by molar-refractivity contribution is -0.151. The van der Waals surface area contributed by atoms with Crippen molar-refractivity contribution in [1.29, 1.82) is 0 Å². The van der Waals surface area contributed by atoms with Gasteiger partial charge in [0.15, 0.2) is 11.2 Å². The fraction of sp³-hybridized carbons (Fsp3) is 0.333. The number of amides is 1. The van der Waals surface area contributed by atoms with Crippen molar-refractivity contribution in [1.82, 2.24) is 10.3 Å². The van der Waals surface area contributed by atoms with Gasteiger partial charge in [-0.3, -0.25) is 9.59 Å². The minimum absolute atomic E-state index is 0.0747. The molecule has 0 spiro atoms. The molecule has 2 aromatic carbocycles. The first-order valence-corrected chi connectivity index (χ1v) is 13.2. The largest absolute Gasteiger partial charge is 0.497 e. The molecule has 0 saturated heterocycles. The summed E-state index contributed by atoms with van der Waals surface area (Å²) in [6, 6.07) is 12.8. The number of fused-ring (bicyclic) bond motifs is 2. The predicted octanol–water partition coefficient (Wildman–Crippen LogP) is 3.38. The maximum atomic E-state index is 13.3. The van der Waals surface area contributed by atoms with Crippen LogP contribution >= 0.6 is 0 Å². The van der Waals surface area contributed by atoms with Crippen molar-refractivity contribution in [3.8, 4) is 5.75 Å². The molecule has 2 atom stereocenters. The van der Waals surface area contributed by atoms with E-state index in [-0.39, 0.29) is 37.6 Å². The summed E-state index contributed by atoms with van der Waals surface area (Å²) in [5, 5.41) is 13.3. The first-order chi connectivity index (χ1) is 19.6. The minimum atomic E-state index is -0.777. The van der Waals surface area contributed by atoms with Crippen LogP contribution in [0.1, 0.15) is 23.5 Å². The van der Waals surface area contributed by atoms with Gasteiger partial charge in [-0.2, -0.15) is 0 Å². The van der Waals surface area contributed by atoms with E-state index in [1.54, 1.807) is 37.5 Å². The molecular weight excluding hydrogens is 516 g/mol. The molecule has 0 bridgehead atoms. The summed E-state index contributed by atoms with van der Waals surface area (Å²) in [5.41, 5.74) is 2.78. The Morgan fingerprint density at radius 1 is 1.15 bits per heavy atom. The molecule has 1 amide bonds. The smallest absolute Gasteiger partial charge is 0.286 e. The fourth-order valence-electron chi connectivity index (χ4n) is 4.78. The maximum absolute atomic E-state index is 13.3. The zero-order chi connectivity index (χ0) is 27.9. The molecule has 0 fully saturated rings. The highest BCUT2D eigenvalue weighted by atomic mass is 16.7. The molecule has 10 nitrogen and oxygen atoms in total. The summed E-state index contributed by atoms with van der Waals surface area (Å²) in [7, 11) is 1.62. The van der Waals surface area contributed by atoms with Gasteiger partial charge in [0.1, 0.15) is 11.3 Å². The number of aromatic amines is 1. The quantitative estimate of drug-likeness (QED) is 0.230. The Morgan fingerprint density at radius 3 is 2.88 bits per heavy atom. The molecule has 10 heteroatoms. The number of hydrogen-bond acceptors (Lipinski definition) is 8. The number of hydrogen-bond donors (Lipinski definition) is 3. The highest BCUT2D eigenvalue weighted by Crippen LogP contribution is 2.31. The van der Waals surface area contributed by atoms with Crippen molar-refractivity contribution in [2.45, 2.75) is 25.0 Å². The Bertz CT molecular complexity index is 1560. The van der Waals surface area contributed by atoms with E-state index in [1.165, 1.54) is 6.26 Å². The van der Waals surface area contributed by atoms with Crippen molar-refractivity contribution < 1.29 is 33.3 Å². The van der Waals surface area contributed by atoms with Crippen molar-refractivity contribution >= 4 is 27.8 Å². The zero-order valence-electron chi connectivity index (χ0n) is 22.2. The molecule has 4 aromatic rings. The van der Waals surface area contributed by atoms with Crippen LogP contribution in [0.15, 0.2) is 76.0 Å². The molecule has 0 radical (unpaired) electrons. The Morgan fingerprint density at radius 2 is 2.02 bits per heavy atom. The zero-order valence-corrected chi connectivity index (χ0v) is 22.2. The van der Waals surface area contributed by atoms with Crippen molar-refractivity contribution in [2.24, 2.45) is 0 Å². The Hall–Kier alpha value is -4.12. The van der Waals surface area contributed by atoms with E-state index in [1.807, 2.05) is 24.4 Å². The SMILES string of the molecule is COc1ccc2[nH]cc(CCNC(=O)C3=CC(c4coc5ccccc5c4=O)CC(OCCOCCO)O3)c2c1. The molecule has 40 heavy (non-hydrogen) atoms. The van der Waals surface area contributed by atoms with Crippen LogP contribution in [0, 0.1) is 0 Å². The predicted molar refractivity (Wildman–Crippen MR) is 148 cm³/mol. The highest BCUT2D eigenvalue weighted by molar-refractivity contribution is 5.92.